The number of nitrogens with zero attached hydrogens (tertiary/aromatic N) is 4. The number of nitrogens with one attached hydrogen (secondary N) is 1. The molecule has 1 aromatic heterocycles. The molecule has 6 heteroatoms. The number of benzene rings is 1. The fourth-order valence-corrected chi connectivity index (χ4v) is 1.62. The van der Waals surface area contributed by atoms with Gasteiger partial charge in [-0.3, -0.25) is 10.1 Å². The highest BCUT2D eigenvalue weighted by atomic mass is 16.1. The monoisotopic (exact) mass is 245 g/mol. The summed E-state index contributed by atoms with van der Waals surface area (Å²) in [7, 11) is 0. The number of tetrazole rings is 1. The standard InChI is InChI=1S/C12H15N5O/c1-3-7-17-12(14-15-16-17)13-11(18)10-6-4-5-9(2)8-10/h4-6,8H,3,7H2,1-2H3,(H,13,14,16,18). The van der Waals surface area contributed by atoms with E-state index in [4.69, 9.17) is 0 Å². The Morgan fingerprint density at radius 3 is 3.00 bits per heavy atom. The van der Waals surface area contributed by atoms with Gasteiger partial charge in [-0.25, -0.2) is 4.68 Å². The van der Waals surface area contributed by atoms with Crippen LogP contribution in [-0.2, 0) is 6.54 Å². The summed E-state index contributed by atoms with van der Waals surface area (Å²) in [6.07, 6.45) is 0.901. The highest BCUT2D eigenvalue weighted by Crippen LogP contribution is 2.07. The summed E-state index contributed by atoms with van der Waals surface area (Å²) in [6.45, 7) is 4.64. The van der Waals surface area contributed by atoms with Crippen LogP contribution in [0.25, 0.3) is 0 Å². The predicted molar refractivity (Wildman–Crippen MR) is 67.2 cm³/mol. The molecule has 0 aliphatic heterocycles. The van der Waals surface area contributed by atoms with Crippen molar-refractivity contribution in [2.75, 3.05) is 5.32 Å². The molecule has 18 heavy (non-hydrogen) atoms. The van der Waals surface area contributed by atoms with E-state index < -0.39 is 0 Å². The number of amides is 1. The molecule has 1 amide bonds. The zero-order valence-corrected chi connectivity index (χ0v) is 10.4. The second kappa shape index (κ2) is 5.39. The minimum atomic E-state index is -0.203. The Bertz CT molecular complexity index is 549. The average molecular weight is 245 g/mol. The molecule has 2 aromatic rings. The smallest absolute Gasteiger partial charge is 0.258 e. The van der Waals surface area contributed by atoms with Gasteiger partial charge in [-0.05, 0) is 35.9 Å². The summed E-state index contributed by atoms with van der Waals surface area (Å²) < 4.78 is 1.58. The molecule has 94 valence electrons. The summed E-state index contributed by atoms with van der Waals surface area (Å²) in [5.74, 6) is 0.175. The van der Waals surface area contributed by atoms with Crippen molar-refractivity contribution >= 4 is 11.9 Å². The van der Waals surface area contributed by atoms with Crippen LogP contribution >= 0.6 is 0 Å². The molecule has 0 unspecified atom stereocenters. The lowest BCUT2D eigenvalue weighted by Gasteiger charge is -2.05. The number of aryl methyl sites for hydroxylation is 2. The Hall–Kier alpha value is -2.24. The molecule has 0 aliphatic carbocycles. The van der Waals surface area contributed by atoms with Gasteiger partial charge in [0, 0.05) is 12.1 Å². The highest BCUT2D eigenvalue weighted by Gasteiger charge is 2.11. The van der Waals surface area contributed by atoms with Crippen LogP contribution in [0.15, 0.2) is 24.3 Å². The number of hydrogen-bond donors (Lipinski definition) is 1. The first-order valence-corrected chi connectivity index (χ1v) is 5.85. The number of rotatable bonds is 4. The van der Waals surface area contributed by atoms with Gasteiger partial charge < -0.3 is 0 Å². The van der Waals surface area contributed by atoms with E-state index >= 15 is 0 Å². The van der Waals surface area contributed by atoms with Crippen molar-refractivity contribution in [2.24, 2.45) is 0 Å². The van der Waals surface area contributed by atoms with Gasteiger partial charge >= 0.3 is 0 Å². The van der Waals surface area contributed by atoms with Crippen LogP contribution in [0.3, 0.4) is 0 Å². The van der Waals surface area contributed by atoms with Gasteiger partial charge in [-0.1, -0.05) is 29.7 Å². The van der Waals surface area contributed by atoms with Crippen LogP contribution in [0.1, 0.15) is 29.3 Å². The maximum absolute atomic E-state index is 12.0. The zero-order chi connectivity index (χ0) is 13.0. The third kappa shape index (κ3) is 2.71. The molecule has 0 saturated heterocycles. The second-order valence-electron chi connectivity index (χ2n) is 4.05. The molecule has 6 nitrogen and oxygen atoms in total. The molecule has 0 radical (unpaired) electrons. The SMILES string of the molecule is CCCn1nnnc1NC(=O)c1cccc(C)c1. The summed E-state index contributed by atoms with van der Waals surface area (Å²) in [6, 6.07) is 7.37. The molecular weight excluding hydrogens is 230 g/mol. The van der Waals surface area contributed by atoms with Gasteiger partial charge in [0.1, 0.15) is 0 Å². The number of anilines is 1. The molecule has 0 saturated carbocycles. The van der Waals surface area contributed by atoms with E-state index in [1.54, 1.807) is 10.7 Å². The van der Waals surface area contributed by atoms with E-state index in [0.29, 0.717) is 18.1 Å². The Morgan fingerprint density at radius 1 is 1.44 bits per heavy atom. The second-order valence-corrected chi connectivity index (χ2v) is 4.05. The Morgan fingerprint density at radius 2 is 2.28 bits per heavy atom. The van der Waals surface area contributed by atoms with E-state index in [1.807, 2.05) is 32.0 Å². The van der Waals surface area contributed by atoms with Crippen molar-refractivity contribution < 1.29 is 4.79 Å². The lowest BCUT2D eigenvalue weighted by Crippen LogP contribution is -2.16. The van der Waals surface area contributed by atoms with E-state index in [2.05, 4.69) is 20.8 Å². The minimum absolute atomic E-state index is 0.203. The van der Waals surface area contributed by atoms with Gasteiger partial charge in [-0.2, -0.15) is 0 Å². The van der Waals surface area contributed by atoms with Crippen LogP contribution < -0.4 is 5.32 Å². The van der Waals surface area contributed by atoms with Gasteiger partial charge in [-0.15, -0.1) is 0 Å². The average Bonchev–Trinajstić information content (AvgIpc) is 2.77. The molecule has 0 atom stereocenters. The third-order valence-electron chi connectivity index (χ3n) is 2.47. The predicted octanol–water partition coefficient (Wildman–Crippen LogP) is 1.64. The molecule has 1 aromatic carbocycles. The number of carbonyl (C=O) groups excluding carboxylic acids is 1. The third-order valence-corrected chi connectivity index (χ3v) is 2.47. The van der Waals surface area contributed by atoms with Crippen LogP contribution in [0.4, 0.5) is 5.95 Å². The highest BCUT2D eigenvalue weighted by molar-refractivity contribution is 6.03. The molecule has 1 N–H and O–H groups in total. The lowest BCUT2D eigenvalue weighted by atomic mass is 10.1. The van der Waals surface area contributed by atoms with Crippen molar-refractivity contribution in [2.45, 2.75) is 26.8 Å². The van der Waals surface area contributed by atoms with Gasteiger partial charge in [0.15, 0.2) is 0 Å². The summed E-state index contributed by atoms with van der Waals surface area (Å²) in [5.41, 5.74) is 1.64. The van der Waals surface area contributed by atoms with E-state index in [0.717, 1.165) is 12.0 Å². The quantitative estimate of drug-likeness (QED) is 0.888. The van der Waals surface area contributed by atoms with Gasteiger partial charge in [0.2, 0.25) is 5.95 Å². The number of carbonyl (C=O) groups is 1. The zero-order valence-electron chi connectivity index (χ0n) is 10.4. The van der Waals surface area contributed by atoms with E-state index in [1.165, 1.54) is 0 Å². The first kappa shape index (κ1) is 12.2. The first-order chi connectivity index (χ1) is 8.70. The normalized spacial score (nSPS) is 10.3. The minimum Gasteiger partial charge on any atom is -0.289 e. The first-order valence-electron chi connectivity index (χ1n) is 5.85. The summed E-state index contributed by atoms with van der Waals surface area (Å²) in [5, 5.41) is 13.9. The van der Waals surface area contributed by atoms with Crippen LogP contribution in [-0.4, -0.2) is 26.1 Å². The molecule has 0 aliphatic rings. The van der Waals surface area contributed by atoms with Crippen LogP contribution in [0, 0.1) is 6.92 Å². The molecule has 0 bridgehead atoms. The number of aromatic nitrogens is 4. The van der Waals surface area contributed by atoms with Crippen molar-refractivity contribution in [3.05, 3.63) is 35.4 Å². The van der Waals surface area contributed by atoms with Crippen molar-refractivity contribution in [3.63, 3.8) is 0 Å². The fourth-order valence-electron chi connectivity index (χ4n) is 1.62. The Labute approximate surface area is 105 Å². The van der Waals surface area contributed by atoms with E-state index in [9.17, 15) is 4.79 Å². The largest absolute Gasteiger partial charge is 0.289 e. The molecule has 2 rings (SSSR count). The van der Waals surface area contributed by atoms with Crippen molar-refractivity contribution in [3.8, 4) is 0 Å². The maximum Gasteiger partial charge on any atom is 0.258 e. The Kier molecular flexibility index (Phi) is 3.66. The van der Waals surface area contributed by atoms with Crippen molar-refractivity contribution in [1.29, 1.82) is 0 Å². The summed E-state index contributed by atoms with van der Waals surface area (Å²) >= 11 is 0. The molecule has 1 heterocycles. The van der Waals surface area contributed by atoms with Crippen molar-refractivity contribution in [1.82, 2.24) is 20.2 Å². The molecular formula is C12H15N5O. The Balaban J connectivity index is 2.14. The lowest BCUT2D eigenvalue weighted by molar-refractivity contribution is 0.102. The maximum atomic E-state index is 12.0. The summed E-state index contributed by atoms with van der Waals surface area (Å²) in [4.78, 5) is 12.0. The molecule has 0 spiro atoms. The van der Waals surface area contributed by atoms with E-state index in [-0.39, 0.29) is 5.91 Å². The van der Waals surface area contributed by atoms with Gasteiger partial charge in [0.05, 0.1) is 0 Å². The van der Waals surface area contributed by atoms with Crippen LogP contribution in [0.2, 0.25) is 0 Å². The topological polar surface area (TPSA) is 72.7 Å². The number of hydrogen-bond acceptors (Lipinski definition) is 4. The fraction of sp³-hybridized carbons (Fsp3) is 0.333. The van der Waals surface area contributed by atoms with Crippen LogP contribution in [0.5, 0.6) is 0 Å². The van der Waals surface area contributed by atoms with Gasteiger partial charge in [0.25, 0.3) is 5.91 Å². The molecule has 0 fully saturated rings.